The molecule has 1 aromatic carbocycles. The predicted octanol–water partition coefficient (Wildman–Crippen LogP) is 3.18. The molecule has 0 unspecified atom stereocenters. The SMILES string of the molecule is Cc1ccc2c(ccn2CC2(N(C)C)CC2)c1F. The molecule has 1 aliphatic carbocycles. The van der Waals surface area contributed by atoms with Gasteiger partial charge in [0.15, 0.2) is 0 Å². The highest BCUT2D eigenvalue weighted by atomic mass is 19.1. The summed E-state index contributed by atoms with van der Waals surface area (Å²) < 4.78 is 16.2. The molecule has 0 radical (unpaired) electrons. The zero-order valence-corrected chi connectivity index (χ0v) is 11.2. The summed E-state index contributed by atoms with van der Waals surface area (Å²) in [4.78, 5) is 2.30. The van der Waals surface area contributed by atoms with Crippen LogP contribution in [-0.2, 0) is 6.54 Å². The molecule has 0 spiro atoms. The number of nitrogens with zero attached hydrogens (tertiary/aromatic N) is 2. The molecule has 1 fully saturated rings. The highest BCUT2D eigenvalue weighted by Crippen LogP contribution is 2.42. The fourth-order valence-electron chi connectivity index (χ4n) is 2.69. The minimum Gasteiger partial charge on any atom is -0.346 e. The molecule has 0 bridgehead atoms. The van der Waals surface area contributed by atoms with Gasteiger partial charge in [0.2, 0.25) is 0 Å². The summed E-state index contributed by atoms with van der Waals surface area (Å²) in [6.07, 6.45) is 4.47. The molecule has 0 N–H and O–H groups in total. The van der Waals surface area contributed by atoms with E-state index < -0.39 is 0 Å². The van der Waals surface area contributed by atoms with E-state index in [1.165, 1.54) is 12.8 Å². The zero-order valence-electron chi connectivity index (χ0n) is 11.2. The Kier molecular flexibility index (Phi) is 2.49. The quantitative estimate of drug-likeness (QED) is 0.807. The van der Waals surface area contributed by atoms with Crippen LogP contribution in [0, 0.1) is 12.7 Å². The molecule has 1 saturated carbocycles. The fourth-order valence-corrected chi connectivity index (χ4v) is 2.69. The summed E-state index contributed by atoms with van der Waals surface area (Å²) in [5, 5.41) is 0.740. The first-order valence-electron chi connectivity index (χ1n) is 6.45. The van der Waals surface area contributed by atoms with Gasteiger partial charge in [-0.05, 0) is 51.6 Å². The second-order valence-corrected chi connectivity index (χ2v) is 5.69. The van der Waals surface area contributed by atoms with Crippen molar-refractivity contribution in [3.63, 3.8) is 0 Å². The van der Waals surface area contributed by atoms with Crippen LogP contribution in [0.25, 0.3) is 10.9 Å². The van der Waals surface area contributed by atoms with Crippen molar-refractivity contribution in [3.05, 3.63) is 35.8 Å². The van der Waals surface area contributed by atoms with Gasteiger partial charge in [-0.15, -0.1) is 0 Å². The van der Waals surface area contributed by atoms with Crippen LogP contribution in [0.2, 0.25) is 0 Å². The van der Waals surface area contributed by atoms with Gasteiger partial charge < -0.3 is 9.47 Å². The lowest BCUT2D eigenvalue weighted by molar-refractivity contribution is 0.244. The maximum Gasteiger partial charge on any atom is 0.135 e. The number of hydrogen-bond acceptors (Lipinski definition) is 1. The number of aromatic nitrogens is 1. The highest BCUT2D eigenvalue weighted by Gasteiger charge is 2.45. The van der Waals surface area contributed by atoms with Crippen LogP contribution >= 0.6 is 0 Å². The fraction of sp³-hybridized carbons (Fsp3) is 0.467. The van der Waals surface area contributed by atoms with E-state index in [0.717, 1.165) is 17.4 Å². The van der Waals surface area contributed by atoms with E-state index in [0.29, 0.717) is 5.56 Å². The van der Waals surface area contributed by atoms with E-state index in [1.807, 2.05) is 31.3 Å². The number of aryl methyl sites for hydroxylation is 1. The lowest BCUT2D eigenvalue weighted by Gasteiger charge is -2.24. The third kappa shape index (κ3) is 1.65. The molecular weight excluding hydrogens is 227 g/mol. The minimum absolute atomic E-state index is 0.0825. The topological polar surface area (TPSA) is 8.17 Å². The monoisotopic (exact) mass is 246 g/mol. The molecule has 0 amide bonds. The number of hydrogen-bond donors (Lipinski definition) is 0. The molecule has 1 heterocycles. The van der Waals surface area contributed by atoms with Crippen molar-refractivity contribution in [2.24, 2.45) is 0 Å². The number of benzene rings is 1. The lowest BCUT2D eigenvalue weighted by atomic mass is 10.1. The highest BCUT2D eigenvalue weighted by molar-refractivity contribution is 5.81. The van der Waals surface area contributed by atoms with E-state index in [-0.39, 0.29) is 11.4 Å². The van der Waals surface area contributed by atoms with Crippen molar-refractivity contribution >= 4 is 10.9 Å². The van der Waals surface area contributed by atoms with Crippen molar-refractivity contribution in [1.82, 2.24) is 9.47 Å². The molecular formula is C15H19FN2. The van der Waals surface area contributed by atoms with Gasteiger partial charge in [0.25, 0.3) is 0 Å². The second-order valence-electron chi connectivity index (χ2n) is 5.69. The van der Waals surface area contributed by atoms with Gasteiger partial charge in [-0.1, -0.05) is 6.07 Å². The third-order valence-electron chi connectivity index (χ3n) is 4.32. The van der Waals surface area contributed by atoms with E-state index in [2.05, 4.69) is 23.6 Å². The number of fused-ring (bicyclic) bond motifs is 1. The van der Waals surface area contributed by atoms with Gasteiger partial charge in [0.05, 0.1) is 5.52 Å². The second kappa shape index (κ2) is 3.82. The molecule has 3 rings (SSSR count). The summed E-state index contributed by atoms with van der Waals surface area (Å²) in [5.74, 6) is -0.0825. The maximum absolute atomic E-state index is 14.0. The van der Waals surface area contributed by atoms with Crippen LogP contribution in [-0.4, -0.2) is 29.1 Å². The lowest BCUT2D eigenvalue weighted by Crippen LogP contribution is -2.34. The molecule has 2 aromatic rings. The van der Waals surface area contributed by atoms with Crippen molar-refractivity contribution in [1.29, 1.82) is 0 Å². The summed E-state index contributed by atoms with van der Waals surface area (Å²) >= 11 is 0. The largest absolute Gasteiger partial charge is 0.346 e. The Morgan fingerprint density at radius 2 is 2.00 bits per heavy atom. The maximum atomic E-state index is 14.0. The van der Waals surface area contributed by atoms with Crippen LogP contribution in [0.5, 0.6) is 0 Å². The van der Waals surface area contributed by atoms with E-state index in [1.54, 1.807) is 0 Å². The van der Waals surface area contributed by atoms with Crippen LogP contribution in [0.3, 0.4) is 0 Å². The average Bonchev–Trinajstić information content (AvgIpc) is 3.00. The first-order valence-corrected chi connectivity index (χ1v) is 6.45. The number of rotatable bonds is 3. The zero-order chi connectivity index (χ0) is 12.9. The summed E-state index contributed by atoms with van der Waals surface area (Å²) in [6, 6.07) is 5.78. The molecule has 2 nitrogen and oxygen atoms in total. The van der Waals surface area contributed by atoms with Crippen LogP contribution in [0.4, 0.5) is 4.39 Å². The van der Waals surface area contributed by atoms with E-state index in [4.69, 9.17) is 0 Å². The predicted molar refractivity (Wildman–Crippen MR) is 72.3 cm³/mol. The first kappa shape index (κ1) is 11.7. The average molecular weight is 246 g/mol. The Balaban J connectivity index is 2.02. The normalized spacial score (nSPS) is 17.6. The van der Waals surface area contributed by atoms with Crippen LogP contribution in [0.1, 0.15) is 18.4 Å². The van der Waals surface area contributed by atoms with Crippen LogP contribution in [0.15, 0.2) is 24.4 Å². The Morgan fingerprint density at radius 1 is 1.28 bits per heavy atom. The molecule has 18 heavy (non-hydrogen) atoms. The van der Waals surface area contributed by atoms with Crippen molar-refractivity contribution < 1.29 is 4.39 Å². The molecule has 1 aliphatic rings. The molecule has 0 saturated heterocycles. The van der Waals surface area contributed by atoms with Crippen LogP contribution < -0.4 is 0 Å². The Morgan fingerprint density at radius 3 is 2.61 bits per heavy atom. The molecule has 1 aromatic heterocycles. The third-order valence-corrected chi connectivity index (χ3v) is 4.32. The van der Waals surface area contributed by atoms with Gasteiger partial charge in [-0.2, -0.15) is 0 Å². The van der Waals surface area contributed by atoms with Crippen molar-refractivity contribution in [2.45, 2.75) is 31.8 Å². The van der Waals surface area contributed by atoms with Gasteiger partial charge in [-0.3, -0.25) is 0 Å². The Bertz CT molecular complexity index is 594. The molecule has 96 valence electrons. The number of likely N-dealkylation sites (N-methyl/N-ethyl adjacent to an activating group) is 1. The minimum atomic E-state index is -0.0825. The van der Waals surface area contributed by atoms with Gasteiger partial charge in [-0.25, -0.2) is 4.39 Å². The summed E-state index contributed by atoms with van der Waals surface area (Å²) in [7, 11) is 4.26. The first-order chi connectivity index (χ1) is 8.53. The number of halogens is 1. The smallest absolute Gasteiger partial charge is 0.135 e. The van der Waals surface area contributed by atoms with E-state index >= 15 is 0 Å². The Labute approximate surface area is 107 Å². The molecule has 0 atom stereocenters. The Hall–Kier alpha value is -1.35. The molecule has 0 aliphatic heterocycles. The van der Waals surface area contributed by atoms with Crippen molar-refractivity contribution in [2.75, 3.05) is 14.1 Å². The van der Waals surface area contributed by atoms with E-state index in [9.17, 15) is 4.39 Å². The van der Waals surface area contributed by atoms with Gasteiger partial charge in [0, 0.05) is 23.7 Å². The summed E-state index contributed by atoms with van der Waals surface area (Å²) in [5.41, 5.74) is 2.01. The van der Waals surface area contributed by atoms with Crippen molar-refractivity contribution in [3.8, 4) is 0 Å². The van der Waals surface area contributed by atoms with Gasteiger partial charge in [0.1, 0.15) is 5.82 Å². The summed E-state index contributed by atoms with van der Waals surface area (Å²) in [6.45, 7) is 2.76. The standard InChI is InChI=1S/C15H19FN2/c1-11-4-5-13-12(14(11)16)6-9-18(13)10-15(7-8-15)17(2)3/h4-6,9H,7-8,10H2,1-3H3. The van der Waals surface area contributed by atoms with Gasteiger partial charge >= 0.3 is 0 Å². The molecule has 3 heteroatoms.